The Labute approximate surface area is 123 Å². The van der Waals surface area contributed by atoms with Gasteiger partial charge in [-0.1, -0.05) is 15.9 Å². The lowest BCUT2D eigenvalue weighted by Gasteiger charge is -2.21. The third-order valence-corrected chi connectivity index (χ3v) is 3.37. The van der Waals surface area contributed by atoms with E-state index in [4.69, 9.17) is 4.74 Å². The summed E-state index contributed by atoms with van der Waals surface area (Å²) in [5.41, 5.74) is 0.341. The third-order valence-electron chi connectivity index (χ3n) is 2.37. The topological polar surface area (TPSA) is 29.5 Å². The van der Waals surface area contributed by atoms with Crippen molar-refractivity contribution in [2.45, 2.75) is 0 Å². The average Bonchev–Trinajstić information content (AvgIpc) is 2.37. The molecule has 0 spiro atoms. The normalized spacial score (nSPS) is 10.4. The zero-order chi connectivity index (χ0) is 13.5. The minimum Gasteiger partial charge on any atom is -0.383 e. The van der Waals surface area contributed by atoms with E-state index in [0.717, 1.165) is 0 Å². The standard InChI is InChI=1S/C12H14Br2FNO2/c1-18-7-6-16(5-4-13)12(17)9-2-3-10(14)11(15)8-9/h2-3,8H,4-7H2,1H3. The number of halogens is 3. The lowest BCUT2D eigenvalue weighted by Crippen LogP contribution is -2.35. The van der Waals surface area contributed by atoms with Crippen LogP contribution in [0, 0.1) is 5.82 Å². The van der Waals surface area contributed by atoms with Gasteiger partial charge in [-0.2, -0.15) is 0 Å². The number of alkyl halides is 1. The smallest absolute Gasteiger partial charge is 0.254 e. The summed E-state index contributed by atoms with van der Waals surface area (Å²) < 4.78 is 18.7. The number of nitrogens with zero attached hydrogens (tertiary/aromatic N) is 1. The number of hydrogen-bond acceptors (Lipinski definition) is 2. The van der Waals surface area contributed by atoms with E-state index in [-0.39, 0.29) is 5.91 Å². The first-order valence-electron chi connectivity index (χ1n) is 5.39. The Hall–Kier alpha value is -0.460. The molecular formula is C12H14Br2FNO2. The summed E-state index contributed by atoms with van der Waals surface area (Å²) in [6.45, 7) is 1.50. The number of carbonyl (C=O) groups is 1. The molecule has 0 aliphatic carbocycles. The molecular weight excluding hydrogens is 369 g/mol. The monoisotopic (exact) mass is 381 g/mol. The summed E-state index contributed by atoms with van der Waals surface area (Å²) in [4.78, 5) is 13.8. The van der Waals surface area contributed by atoms with Gasteiger partial charge in [-0.05, 0) is 34.1 Å². The molecule has 1 aromatic rings. The minimum absolute atomic E-state index is 0.196. The van der Waals surface area contributed by atoms with Gasteiger partial charge in [0.25, 0.3) is 5.91 Å². The Kier molecular flexibility index (Phi) is 6.81. The van der Waals surface area contributed by atoms with Crippen LogP contribution in [-0.4, -0.2) is 42.9 Å². The van der Waals surface area contributed by atoms with Crippen molar-refractivity contribution < 1.29 is 13.9 Å². The number of carbonyl (C=O) groups excluding carboxylic acids is 1. The van der Waals surface area contributed by atoms with Gasteiger partial charge in [0, 0.05) is 31.1 Å². The fraction of sp³-hybridized carbons (Fsp3) is 0.417. The SMILES string of the molecule is COCCN(CCBr)C(=O)c1ccc(Br)c(F)c1. The molecule has 0 radical (unpaired) electrons. The van der Waals surface area contributed by atoms with Crippen molar-refractivity contribution >= 4 is 37.8 Å². The molecule has 1 aromatic carbocycles. The molecule has 0 unspecified atom stereocenters. The molecule has 0 aromatic heterocycles. The Balaban J connectivity index is 2.83. The number of rotatable bonds is 6. The van der Waals surface area contributed by atoms with E-state index in [2.05, 4.69) is 31.9 Å². The predicted octanol–water partition coefficient (Wildman–Crippen LogP) is 3.07. The molecule has 0 atom stereocenters. The molecule has 0 bridgehead atoms. The highest BCUT2D eigenvalue weighted by Crippen LogP contribution is 2.17. The van der Waals surface area contributed by atoms with Crippen LogP contribution in [0.2, 0.25) is 0 Å². The van der Waals surface area contributed by atoms with E-state index < -0.39 is 5.82 Å². The Morgan fingerprint density at radius 3 is 2.72 bits per heavy atom. The van der Waals surface area contributed by atoms with E-state index >= 15 is 0 Å². The lowest BCUT2D eigenvalue weighted by molar-refractivity contribution is 0.0708. The van der Waals surface area contributed by atoms with Crippen LogP contribution in [-0.2, 0) is 4.74 Å². The second-order valence-electron chi connectivity index (χ2n) is 3.60. The number of benzene rings is 1. The first-order chi connectivity index (χ1) is 8.60. The zero-order valence-corrected chi connectivity index (χ0v) is 13.1. The van der Waals surface area contributed by atoms with Gasteiger partial charge < -0.3 is 9.64 Å². The second-order valence-corrected chi connectivity index (χ2v) is 5.25. The maximum absolute atomic E-state index is 13.4. The van der Waals surface area contributed by atoms with Crippen molar-refractivity contribution in [1.29, 1.82) is 0 Å². The molecule has 18 heavy (non-hydrogen) atoms. The molecule has 0 fully saturated rings. The fourth-order valence-electron chi connectivity index (χ4n) is 1.43. The zero-order valence-electron chi connectivity index (χ0n) is 9.96. The minimum atomic E-state index is -0.439. The fourth-order valence-corrected chi connectivity index (χ4v) is 2.10. The maximum atomic E-state index is 13.4. The quantitative estimate of drug-likeness (QED) is 0.707. The third kappa shape index (κ3) is 4.33. The molecule has 0 N–H and O–H groups in total. The van der Waals surface area contributed by atoms with Gasteiger partial charge in [0.1, 0.15) is 5.82 Å². The van der Waals surface area contributed by atoms with E-state index in [9.17, 15) is 9.18 Å². The highest BCUT2D eigenvalue weighted by molar-refractivity contribution is 9.10. The van der Waals surface area contributed by atoms with Gasteiger partial charge in [-0.25, -0.2) is 4.39 Å². The number of ether oxygens (including phenoxy) is 1. The van der Waals surface area contributed by atoms with E-state index in [0.29, 0.717) is 35.1 Å². The maximum Gasteiger partial charge on any atom is 0.254 e. The number of hydrogen-bond donors (Lipinski definition) is 0. The molecule has 0 saturated carbocycles. The number of amides is 1. The van der Waals surface area contributed by atoms with E-state index in [1.165, 1.54) is 12.1 Å². The van der Waals surface area contributed by atoms with Gasteiger partial charge in [0.15, 0.2) is 0 Å². The first kappa shape index (κ1) is 15.6. The second kappa shape index (κ2) is 7.86. The van der Waals surface area contributed by atoms with Crippen molar-refractivity contribution in [3.05, 3.63) is 34.1 Å². The van der Waals surface area contributed by atoms with E-state index in [1.807, 2.05) is 0 Å². The van der Waals surface area contributed by atoms with Crippen LogP contribution in [0.1, 0.15) is 10.4 Å². The molecule has 1 amide bonds. The molecule has 0 aliphatic rings. The van der Waals surface area contributed by atoms with Crippen LogP contribution < -0.4 is 0 Å². The van der Waals surface area contributed by atoms with Crippen molar-refractivity contribution in [2.24, 2.45) is 0 Å². The molecule has 3 nitrogen and oxygen atoms in total. The van der Waals surface area contributed by atoms with Crippen LogP contribution in [0.3, 0.4) is 0 Å². The summed E-state index contributed by atoms with van der Waals surface area (Å²) >= 11 is 6.35. The van der Waals surface area contributed by atoms with Crippen molar-refractivity contribution in [3.8, 4) is 0 Å². The Morgan fingerprint density at radius 1 is 1.44 bits per heavy atom. The van der Waals surface area contributed by atoms with Crippen LogP contribution >= 0.6 is 31.9 Å². The van der Waals surface area contributed by atoms with Crippen molar-refractivity contribution in [2.75, 3.05) is 32.1 Å². The largest absolute Gasteiger partial charge is 0.383 e. The Bertz CT molecular complexity index is 415. The van der Waals surface area contributed by atoms with Gasteiger partial charge in [-0.3, -0.25) is 4.79 Å². The molecule has 6 heteroatoms. The van der Waals surface area contributed by atoms with Gasteiger partial charge in [0.05, 0.1) is 11.1 Å². The average molecular weight is 383 g/mol. The van der Waals surface area contributed by atoms with Crippen LogP contribution in [0.4, 0.5) is 4.39 Å². The predicted molar refractivity (Wildman–Crippen MR) is 75.7 cm³/mol. The van der Waals surface area contributed by atoms with Gasteiger partial charge >= 0.3 is 0 Å². The molecule has 0 saturated heterocycles. The molecule has 0 aliphatic heterocycles. The summed E-state index contributed by atoms with van der Waals surface area (Å²) in [6, 6.07) is 4.37. The van der Waals surface area contributed by atoms with E-state index in [1.54, 1.807) is 18.1 Å². The van der Waals surface area contributed by atoms with Gasteiger partial charge in [0.2, 0.25) is 0 Å². The highest BCUT2D eigenvalue weighted by Gasteiger charge is 2.16. The summed E-state index contributed by atoms with van der Waals surface area (Å²) in [6.07, 6.45) is 0. The van der Waals surface area contributed by atoms with Crippen molar-refractivity contribution in [1.82, 2.24) is 4.90 Å². The van der Waals surface area contributed by atoms with Crippen molar-refractivity contribution in [3.63, 3.8) is 0 Å². The summed E-state index contributed by atoms with van der Waals surface area (Å²) in [5.74, 6) is -0.635. The number of methoxy groups -OCH3 is 1. The summed E-state index contributed by atoms with van der Waals surface area (Å²) in [7, 11) is 1.58. The highest BCUT2D eigenvalue weighted by atomic mass is 79.9. The van der Waals surface area contributed by atoms with Crippen LogP contribution in [0.15, 0.2) is 22.7 Å². The molecule has 1 rings (SSSR count). The summed E-state index contributed by atoms with van der Waals surface area (Å²) in [5, 5.41) is 0.668. The van der Waals surface area contributed by atoms with Crippen LogP contribution in [0.5, 0.6) is 0 Å². The van der Waals surface area contributed by atoms with Gasteiger partial charge in [-0.15, -0.1) is 0 Å². The first-order valence-corrected chi connectivity index (χ1v) is 7.30. The Morgan fingerprint density at radius 2 is 2.17 bits per heavy atom. The molecule has 100 valence electrons. The molecule has 0 heterocycles. The lowest BCUT2D eigenvalue weighted by atomic mass is 10.2. The van der Waals surface area contributed by atoms with Crippen LogP contribution in [0.25, 0.3) is 0 Å².